The molecule has 1 nitrogen and oxygen atoms in total. The minimum absolute atomic E-state index is 0.340. The van der Waals surface area contributed by atoms with Crippen LogP contribution in [0.5, 0.6) is 0 Å². The van der Waals surface area contributed by atoms with Crippen LogP contribution < -0.4 is 0 Å². The summed E-state index contributed by atoms with van der Waals surface area (Å²) in [6.07, 6.45) is 0.718. The van der Waals surface area contributed by atoms with E-state index in [4.69, 9.17) is 0 Å². The minimum Gasteiger partial charge on any atom is -0.301 e. The number of hydrogen-bond acceptors (Lipinski definition) is 2. The molecule has 70 valence electrons. The third kappa shape index (κ3) is 2.31. The van der Waals surface area contributed by atoms with Crippen molar-refractivity contribution in [1.82, 2.24) is 0 Å². The average molecular weight is 263 g/mol. The summed E-state index contributed by atoms with van der Waals surface area (Å²) < 4.78 is 12.3. The van der Waals surface area contributed by atoms with Crippen molar-refractivity contribution < 1.29 is 9.18 Å². The summed E-state index contributed by atoms with van der Waals surface area (Å²) in [5, 5.41) is 0. The largest absolute Gasteiger partial charge is 0.301 e. The van der Waals surface area contributed by atoms with Crippen LogP contribution in [-0.4, -0.2) is 6.29 Å². The maximum Gasteiger partial charge on any atom is 0.139 e. The van der Waals surface area contributed by atoms with Crippen molar-refractivity contribution in [2.75, 3.05) is 0 Å². The number of carbonyl (C=O) groups excluding carboxylic acids is 1. The number of hydrogen-bond donors (Lipinski definition) is 1. The summed E-state index contributed by atoms with van der Waals surface area (Å²) in [7, 11) is 0. The molecule has 0 fully saturated rings. The monoisotopic (exact) mass is 262 g/mol. The van der Waals surface area contributed by atoms with Crippen LogP contribution in [-0.2, 0) is 9.54 Å². The molecule has 0 radical (unpaired) electrons. The molecule has 1 rings (SSSR count). The predicted molar refractivity (Wildman–Crippen MR) is 56.5 cm³/mol. The standard InChI is InChI=1S/C9H8BrFOS/c1-9(13,5-12)6-2-3-8(11)7(10)4-6/h2-5,13H,1H3. The lowest BCUT2D eigenvalue weighted by Crippen LogP contribution is -2.15. The van der Waals surface area contributed by atoms with E-state index in [-0.39, 0.29) is 5.82 Å². The first-order valence-electron chi connectivity index (χ1n) is 3.61. The molecule has 0 spiro atoms. The van der Waals surface area contributed by atoms with E-state index < -0.39 is 4.75 Å². The Morgan fingerprint density at radius 1 is 1.62 bits per heavy atom. The van der Waals surface area contributed by atoms with E-state index in [1.165, 1.54) is 6.07 Å². The van der Waals surface area contributed by atoms with Gasteiger partial charge in [-0.1, -0.05) is 6.07 Å². The van der Waals surface area contributed by atoms with E-state index in [1.54, 1.807) is 19.1 Å². The zero-order valence-electron chi connectivity index (χ0n) is 6.92. The fourth-order valence-electron chi connectivity index (χ4n) is 0.879. The lowest BCUT2D eigenvalue weighted by Gasteiger charge is -2.16. The maximum absolute atomic E-state index is 12.8. The first kappa shape index (κ1) is 10.7. The van der Waals surface area contributed by atoms with Crippen LogP contribution in [0.15, 0.2) is 22.7 Å². The number of aldehydes is 1. The van der Waals surface area contributed by atoms with Gasteiger partial charge in [-0.15, -0.1) is 0 Å². The Morgan fingerprint density at radius 3 is 2.69 bits per heavy atom. The number of thiol groups is 1. The van der Waals surface area contributed by atoms with Gasteiger partial charge in [-0.05, 0) is 40.5 Å². The molecule has 4 heteroatoms. The third-order valence-electron chi connectivity index (χ3n) is 1.73. The molecule has 0 saturated heterocycles. The van der Waals surface area contributed by atoms with E-state index in [9.17, 15) is 9.18 Å². The molecule has 13 heavy (non-hydrogen) atoms. The first-order chi connectivity index (χ1) is 5.97. The summed E-state index contributed by atoms with van der Waals surface area (Å²) in [5.41, 5.74) is 0.666. The SMILES string of the molecule is CC(S)(C=O)c1ccc(F)c(Br)c1. The second-order valence-electron chi connectivity index (χ2n) is 2.89. The Labute approximate surface area is 89.9 Å². The summed E-state index contributed by atoms with van der Waals surface area (Å²) >= 11 is 7.19. The molecule has 0 aliphatic heterocycles. The highest BCUT2D eigenvalue weighted by atomic mass is 79.9. The first-order valence-corrected chi connectivity index (χ1v) is 4.85. The number of benzene rings is 1. The second-order valence-corrected chi connectivity index (χ2v) is 4.68. The summed E-state index contributed by atoms with van der Waals surface area (Å²) in [6.45, 7) is 1.66. The van der Waals surface area contributed by atoms with E-state index in [0.717, 1.165) is 6.29 Å². The van der Waals surface area contributed by atoms with Crippen LogP contribution in [0.1, 0.15) is 12.5 Å². The van der Waals surface area contributed by atoms with Crippen molar-refractivity contribution in [3.05, 3.63) is 34.1 Å². The van der Waals surface area contributed by atoms with Gasteiger partial charge in [-0.3, -0.25) is 0 Å². The summed E-state index contributed by atoms with van der Waals surface area (Å²) in [4.78, 5) is 10.6. The molecule has 0 bridgehead atoms. The Morgan fingerprint density at radius 2 is 2.23 bits per heavy atom. The molecule has 0 N–H and O–H groups in total. The van der Waals surface area contributed by atoms with Crippen molar-refractivity contribution in [3.8, 4) is 0 Å². The normalized spacial score (nSPS) is 15.1. The molecule has 0 amide bonds. The van der Waals surface area contributed by atoms with E-state index in [2.05, 4.69) is 28.6 Å². The van der Waals surface area contributed by atoms with Gasteiger partial charge >= 0.3 is 0 Å². The number of rotatable bonds is 2. The van der Waals surface area contributed by atoms with Gasteiger partial charge < -0.3 is 4.79 Å². The van der Waals surface area contributed by atoms with Gasteiger partial charge in [0, 0.05) is 0 Å². The van der Waals surface area contributed by atoms with Gasteiger partial charge in [0.25, 0.3) is 0 Å². The lowest BCUT2D eigenvalue weighted by molar-refractivity contribution is -0.109. The zero-order chi connectivity index (χ0) is 10.1. The molecule has 1 unspecified atom stereocenters. The van der Waals surface area contributed by atoms with Crippen LogP contribution in [0.4, 0.5) is 4.39 Å². The Balaban J connectivity index is 3.18. The quantitative estimate of drug-likeness (QED) is 0.641. The summed E-state index contributed by atoms with van der Waals surface area (Å²) in [6, 6.07) is 4.40. The number of carbonyl (C=O) groups is 1. The second kappa shape index (κ2) is 3.80. The number of halogens is 2. The molecule has 1 aromatic carbocycles. The molecule has 0 aliphatic rings. The summed E-state index contributed by atoms with van der Waals surface area (Å²) in [5.74, 6) is -0.348. The smallest absolute Gasteiger partial charge is 0.139 e. The van der Waals surface area contributed by atoms with Crippen LogP contribution in [0.2, 0.25) is 0 Å². The predicted octanol–water partition coefficient (Wildman–Crippen LogP) is 2.93. The lowest BCUT2D eigenvalue weighted by atomic mass is 10.0. The van der Waals surface area contributed by atoms with Gasteiger partial charge in [0.05, 0.1) is 9.22 Å². The van der Waals surface area contributed by atoms with Crippen molar-refractivity contribution in [1.29, 1.82) is 0 Å². The van der Waals surface area contributed by atoms with Crippen molar-refractivity contribution in [3.63, 3.8) is 0 Å². The fourth-order valence-corrected chi connectivity index (χ4v) is 1.40. The van der Waals surface area contributed by atoms with Crippen molar-refractivity contribution >= 4 is 34.8 Å². The highest BCUT2D eigenvalue weighted by molar-refractivity contribution is 9.10. The maximum atomic E-state index is 12.8. The fraction of sp³-hybridized carbons (Fsp3) is 0.222. The van der Waals surface area contributed by atoms with Crippen molar-refractivity contribution in [2.24, 2.45) is 0 Å². The van der Waals surface area contributed by atoms with Crippen LogP contribution in [0.25, 0.3) is 0 Å². The average Bonchev–Trinajstić information content (AvgIpc) is 2.09. The molecule has 1 aromatic rings. The van der Waals surface area contributed by atoms with Gasteiger partial charge in [0.15, 0.2) is 0 Å². The molecule has 0 heterocycles. The Kier molecular flexibility index (Phi) is 3.14. The van der Waals surface area contributed by atoms with E-state index >= 15 is 0 Å². The van der Waals surface area contributed by atoms with E-state index in [1.807, 2.05) is 0 Å². The molecule has 0 aliphatic carbocycles. The molecule has 0 aromatic heterocycles. The topological polar surface area (TPSA) is 17.1 Å². The van der Waals surface area contributed by atoms with Crippen LogP contribution >= 0.6 is 28.6 Å². The molecule has 0 saturated carbocycles. The highest BCUT2D eigenvalue weighted by Crippen LogP contribution is 2.28. The molecular weight excluding hydrogens is 255 g/mol. The minimum atomic E-state index is -0.865. The Hall–Kier alpha value is -0.350. The van der Waals surface area contributed by atoms with Gasteiger partial charge in [0.1, 0.15) is 12.1 Å². The van der Waals surface area contributed by atoms with Gasteiger partial charge in [-0.2, -0.15) is 12.6 Å². The highest BCUT2D eigenvalue weighted by Gasteiger charge is 2.21. The van der Waals surface area contributed by atoms with Crippen LogP contribution in [0.3, 0.4) is 0 Å². The van der Waals surface area contributed by atoms with Crippen LogP contribution in [0, 0.1) is 5.82 Å². The van der Waals surface area contributed by atoms with Gasteiger partial charge in [0.2, 0.25) is 0 Å². The Bertz CT molecular complexity index is 338. The molecule has 1 atom stereocenters. The van der Waals surface area contributed by atoms with Crippen molar-refractivity contribution in [2.45, 2.75) is 11.7 Å². The zero-order valence-corrected chi connectivity index (χ0v) is 9.40. The third-order valence-corrected chi connectivity index (χ3v) is 2.70. The van der Waals surface area contributed by atoms with E-state index in [0.29, 0.717) is 10.0 Å². The van der Waals surface area contributed by atoms with Gasteiger partial charge in [-0.25, -0.2) is 4.39 Å². The molecular formula is C9H8BrFOS.